The van der Waals surface area contributed by atoms with Crippen LogP contribution in [-0.4, -0.2) is 11.5 Å². The molecule has 16 heavy (non-hydrogen) atoms. The van der Waals surface area contributed by atoms with Gasteiger partial charge in [0.1, 0.15) is 0 Å². The first-order valence-corrected chi connectivity index (χ1v) is 5.86. The summed E-state index contributed by atoms with van der Waals surface area (Å²) in [7, 11) is 0. The fourth-order valence-corrected chi connectivity index (χ4v) is 2.22. The van der Waals surface area contributed by atoms with Crippen molar-refractivity contribution < 1.29 is 0 Å². The van der Waals surface area contributed by atoms with Crippen molar-refractivity contribution in [3.63, 3.8) is 0 Å². The maximum atomic E-state index is 8.70. The summed E-state index contributed by atoms with van der Waals surface area (Å²) in [4.78, 5) is 4.48. The van der Waals surface area contributed by atoms with Gasteiger partial charge < -0.3 is 5.73 Å². The minimum absolute atomic E-state index is 0.625. The second kappa shape index (κ2) is 4.88. The van der Waals surface area contributed by atoms with Crippen LogP contribution in [0.5, 0.6) is 0 Å². The van der Waals surface area contributed by atoms with Gasteiger partial charge in [-0.2, -0.15) is 5.26 Å². The highest BCUT2D eigenvalue weighted by Gasteiger charge is 2.03. The van der Waals surface area contributed by atoms with Crippen LogP contribution in [0.2, 0.25) is 0 Å². The van der Waals surface area contributed by atoms with E-state index in [1.165, 1.54) is 0 Å². The summed E-state index contributed by atoms with van der Waals surface area (Å²) >= 11 is 1.62. The largest absolute Gasteiger partial charge is 0.330 e. The van der Waals surface area contributed by atoms with E-state index in [0.717, 1.165) is 22.7 Å². The van der Waals surface area contributed by atoms with Crippen LogP contribution >= 0.6 is 11.3 Å². The van der Waals surface area contributed by atoms with Crippen molar-refractivity contribution in [3.8, 4) is 17.3 Å². The molecule has 0 spiro atoms. The van der Waals surface area contributed by atoms with E-state index in [4.69, 9.17) is 11.0 Å². The molecule has 0 aliphatic carbocycles. The van der Waals surface area contributed by atoms with Crippen molar-refractivity contribution in [3.05, 3.63) is 40.2 Å². The average Bonchev–Trinajstić information content (AvgIpc) is 2.78. The molecule has 1 aromatic heterocycles. The summed E-state index contributed by atoms with van der Waals surface area (Å²) in [6, 6.07) is 9.54. The number of hydrogen-bond acceptors (Lipinski definition) is 4. The molecule has 3 nitrogen and oxygen atoms in total. The Kier molecular flexibility index (Phi) is 3.30. The Hall–Kier alpha value is -1.70. The molecular weight excluding hydrogens is 218 g/mol. The molecule has 1 aromatic carbocycles. The molecule has 0 bridgehead atoms. The molecule has 0 saturated heterocycles. The van der Waals surface area contributed by atoms with E-state index in [1.54, 1.807) is 23.5 Å². The van der Waals surface area contributed by atoms with Crippen molar-refractivity contribution >= 4 is 11.3 Å². The Morgan fingerprint density at radius 2 is 2.06 bits per heavy atom. The lowest BCUT2D eigenvalue weighted by atomic mass is 10.1. The maximum absolute atomic E-state index is 8.70. The minimum atomic E-state index is 0.625. The van der Waals surface area contributed by atoms with Crippen LogP contribution in [0, 0.1) is 11.3 Å². The molecule has 80 valence electrons. The topological polar surface area (TPSA) is 62.7 Å². The standard InChI is InChI=1S/C12H11N3S/c13-6-5-12-15-11(8-16-12)10-3-1-9(7-14)2-4-10/h1-4,8H,5-6,13H2. The molecule has 0 aliphatic heterocycles. The highest BCUT2D eigenvalue weighted by atomic mass is 32.1. The third-order valence-corrected chi connectivity index (χ3v) is 3.13. The van der Waals surface area contributed by atoms with Crippen molar-refractivity contribution in [2.45, 2.75) is 6.42 Å². The van der Waals surface area contributed by atoms with E-state index in [9.17, 15) is 0 Å². The molecule has 0 saturated carbocycles. The Morgan fingerprint density at radius 3 is 2.69 bits per heavy atom. The number of hydrogen-bond donors (Lipinski definition) is 1. The first-order valence-electron chi connectivity index (χ1n) is 4.98. The fraction of sp³-hybridized carbons (Fsp3) is 0.167. The van der Waals surface area contributed by atoms with E-state index in [-0.39, 0.29) is 0 Å². The van der Waals surface area contributed by atoms with Gasteiger partial charge in [0.2, 0.25) is 0 Å². The summed E-state index contributed by atoms with van der Waals surface area (Å²) in [5.41, 5.74) is 8.14. The molecule has 0 unspecified atom stereocenters. The second-order valence-electron chi connectivity index (χ2n) is 3.35. The molecule has 2 rings (SSSR count). The molecule has 0 amide bonds. The van der Waals surface area contributed by atoms with Crippen LogP contribution in [0.3, 0.4) is 0 Å². The van der Waals surface area contributed by atoms with E-state index in [0.29, 0.717) is 12.1 Å². The van der Waals surface area contributed by atoms with Crippen LogP contribution in [-0.2, 0) is 6.42 Å². The smallest absolute Gasteiger partial charge is 0.0991 e. The molecule has 2 aromatic rings. The Bertz CT molecular complexity index is 508. The van der Waals surface area contributed by atoms with Crippen LogP contribution < -0.4 is 5.73 Å². The zero-order valence-electron chi connectivity index (χ0n) is 8.68. The summed E-state index contributed by atoms with van der Waals surface area (Å²) in [6.07, 6.45) is 0.820. The van der Waals surface area contributed by atoms with Gasteiger partial charge in [-0.05, 0) is 18.7 Å². The second-order valence-corrected chi connectivity index (χ2v) is 4.30. The molecular formula is C12H11N3S. The van der Waals surface area contributed by atoms with Crippen LogP contribution in [0.1, 0.15) is 10.6 Å². The zero-order chi connectivity index (χ0) is 11.4. The molecule has 4 heteroatoms. The van der Waals surface area contributed by atoms with Crippen molar-refractivity contribution in [1.82, 2.24) is 4.98 Å². The summed E-state index contributed by atoms with van der Waals surface area (Å²) in [6.45, 7) is 0.625. The van der Waals surface area contributed by atoms with Crippen LogP contribution in [0.15, 0.2) is 29.6 Å². The van der Waals surface area contributed by atoms with E-state index in [1.807, 2.05) is 17.5 Å². The molecule has 0 fully saturated rings. The fourth-order valence-electron chi connectivity index (χ4n) is 1.40. The quantitative estimate of drug-likeness (QED) is 0.877. The molecule has 0 atom stereocenters. The number of thiazole rings is 1. The number of aromatic nitrogens is 1. The summed E-state index contributed by atoms with van der Waals surface area (Å²) in [5, 5.41) is 11.8. The van der Waals surface area contributed by atoms with Gasteiger partial charge >= 0.3 is 0 Å². The number of nitrogens with zero attached hydrogens (tertiary/aromatic N) is 2. The van der Waals surface area contributed by atoms with E-state index in [2.05, 4.69) is 11.1 Å². The van der Waals surface area contributed by atoms with Gasteiger partial charge in [0, 0.05) is 17.4 Å². The number of nitriles is 1. The summed E-state index contributed by atoms with van der Waals surface area (Å²) < 4.78 is 0. The third kappa shape index (κ3) is 2.27. The highest BCUT2D eigenvalue weighted by Crippen LogP contribution is 2.22. The van der Waals surface area contributed by atoms with Gasteiger partial charge in [-0.3, -0.25) is 0 Å². The van der Waals surface area contributed by atoms with Gasteiger partial charge in [0.15, 0.2) is 0 Å². The van der Waals surface area contributed by atoms with Gasteiger partial charge in [-0.15, -0.1) is 11.3 Å². The van der Waals surface area contributed by atoms with Crippen molar-refractivity contribution in [2.75, 3.05) is 6.54 Å². The maximum Gasteiger partial charge on any atom is 0.0991 e. The van der Waals surface area contributed by atoms with Gasteiger partial charge in [-0.1, -0.05) is 12.1 Å². The molecule has 2 N–H and O–H groups in total. The Balaban J connectivity index is 2.25. The van der Waals surface area contributed by atoms with Gasteiger partial charge in [0.05, 0.1) is 22.3 Å². The van der Waals surface area contributed by atoms with Gasteiger partial charge in [0.25, 0.3) is 0 Å². The predicted molar refractivity (Wildman–Crippen MR) is 65.0 cm³/mol. The van der Waals surface area contributed by atoms with Crippen molar-refractivity contribution in [2.24, 2.45) is 5.73 Å². The number of nitrogens with two attached hydrogens (primary N) is 1. The monoisotopic (exact) mass is 229 g/mol. The Morgan fingerprint density at radius 1 is 1.31 bits per heavy atom. The van der Waals surface area contributed by atoms with E-state index < -0.39 is 0 Å². The van der Waals surface area contributed by atoms with Crippen LogP contribution in [0.25, 0.3) is 11.3 Å². The van der Waals surface area contributed by atoms with Gasteiger partial charge in [-0.25, -0.2) is 4.98 Å². The highest BCUT2D eigenvalue weighted by molar-refractivity contribution is 7.09. The molecule has 0 radical (unpaired) electrons. The zero-order valence-corrected chi connectivity index (χ0v) is 9.50. The Labute approximate surface area is 98.2 Å². The number of benzene rings is 1. The minimum Gasteiger partial charge on any atom is -0.330 e. The average molecular weight is 229 g/mol. The lowest BCUT2D eigenvalue weighted by molar-refractivity contribution is 0.954. The summed E-state index contributed by atoms with van der Waals surface area (Å²) in [5.74, 6) is 0. The lowest BCUT2D eigenvalue weighted by Crippen LogP contribution is -2.01. The lowest BCUT2D eigenvalue weighted by Gasteiger charge is -1.96. The third-order valence-electron chi connectivity index (χ3n) is 2.22. The number of rotatable bonds is 3. The predicted octanol–water partition coefficient (Wildman–Crippen LogP) is 2.18. The normalized spacial score (nSPS) is 10.0. The SMILES string of the molecule is N#Cc1ccc(-c2csc(CCN)n2)cc1. The first-order chi connectivity index (χ1) is 7.83. The van der Waals surface area contributed by atoms with Crippen LogP contribution in [0.4, 0.5) is 0 Å². The van der Waals surface area contributed by atoms with E-state index >= 15 is 0 Å². The molecule has 0 aliphatic rings. The first kappa shape index (κ1) is 10.8. The molecule has 1 heterocycles. The van der Waals surface area contributed by atoms with Crippen molar-refractivity contribution in [1.29, 1.82) is 5.26 Å².